The predicted octanol–water partition coefficient (Wildman–Crippen LogP) is 4.04. The van der Waals surface area contributed by atoms with Gasteiger partial charge in [-0.2, -0.15) is 5.26 Å². The molecule has 2 aromatic rings. The summed E-state index contributed by atoms with van der Waals surface area (Å²) in [6.45, 7) is 1.87. The summed E-state index contributed by atoms with van der Waals surface area (Å²) in [5.41, 5.74) is 1.44. The molecule has 0 aliphatic heterocycles. The maximum atomic E-state index is 12.1. The molecule has 0 aliphatic rings. The van der Waals surface area contributed by atoms with E-state index < -0.39 is 0 Å². The molecule has 1 heterocycles. The lowest BCUT2D eigenvalue weighted by molar-refractivity contribution is 0.102. The Morgan fingerprint density at radius 3 is 2.76 bits per heavy atom. The number of benzene rings is 1. The van der Waals surface area contributed by atoms with Gasteiger partial charge in [0.15, 0.2) is 5.13 Å². The predicted molar refractivity (Wildman–Crippen MR) is 89.4 cm³/mol. The Labute approximate surface area is 136 Å². The van der Waals surface area contributed by atoms with Crippen molar-refractivity contribution < 1.29 is 4.79 Å². The first-order valence-electron chi connectivity index (χ1n) is 6.06. The molecule has 0 saturated heterocycles. The molecule has 0 saturated carbocycles. The quantitative estimate of drug-likeness (QED) is 0.835. The van der Waals surface area contributed by atoms with Crippen LogP contribution in [0.25, 0.3) is 0 Å². The molecule has 4 nitrogen and oxygen atoms in total. The fraction of sp³-hybridized carbons (Fsp3) is 0.214. The van der Waals surface area contributed by atoms with Gasteiger partial charge in [0, 0.05) is 10.5 Å². The van der Waals surface area contributed by atoms with Gasteiger partial charge in [0.05, 0.1) is 21.7 Å². The summed E-state index contributed by atoms with van der Waals surface area (Å²) in [4.78, 5) is 17.6. The van der Waals surface area contributed by atoms with Crippen LogP contribution in [-0.2, 0) is 0 Å². The number of nitrogens with one attached hydrogen (secondary N) is 1. The van der Waals surface area contributed by atoms with Crippen molar-refractivity contribution in [3.8, 4) is 6.07 Å². The van der Waals surface area contributed by atoms with Crippen molar-refractivity contribution in [1.29, 1.82) is 5.26 Å². The van der Waals surface area contributed by atoms with Crippen LogP contribution in [0.15, 0.2) is 33.4 Å². The highest BCUT2D eigenvalue weighted by molar-refractivity contribution is 8.01. The van der Waals surface area contributed by atoms with Crippen LogP contribution in [0.3, 0.4) is 0 Å². The second kappa shape index (κ2) is 7.50. The zero-order valence-corrected chi connectivity index (χ0v) is 14.0. The molecule has 0 spiro atoms. The Morgan fingerprint density at radius 2 is 2.14 bits per heavy atom. The van der Waals surface area contributed by atoms with Crippen molar-refractivity contribution >= 4 is 45.9 Å². The van der Waals surface area contributed by atoms with Gasteiger partial charge in [-0.1, -0.05) is 23.1 Å². The fourth-order valence-electron chi connectivity index (χ4n) is 1.58. The largest absolute Gasteiger partial charge is 0.298 e. The molecule has 1 amide bonds. The van der Waals surface area contributed by atoms with E-state index in [1.54, 1.807) is 23.9 Å². The molecule has 0 atom stereocenters. The van der Waals surface area contributed by atoms with Crippen LogP contribution in [-0.4, -0.2) is 22.9 Å². The van der Waals surface area contributed by atoms with Gasteiger partial charge in [0.1, 0.15) is 0 Å². The Balaban J connectivity index is 2.06. The number of amides is 1. The number of hydrogen-bond donors (Lipinski definition) is 1. The van der Waals surface area contributed by atoms with E-state index in [4.69, 9.17) is 5.26 Å². The molecule has 0 radical (unpaired) electrons. The van der Waals surface area contributed by atoms with Crippen LogP contribution in [0.1, 0.15) is 16.1 Å². The Bertz CT molecular complexity index is 674. The van der Waals surface area contributed by atoms with Crippen LogP contribution in [0.5, 0.6) is 0 Å². The average Bonchev–Trinajstić information content (AvgIpc) is 2.84. The molecule has 0 aliphatic carbocycles. The number of thioether (sulfide) groups is 2. The summed E-state index contributed by atoms with van der Waals surface area (Å²) < 4.78 is 0.963. The lowest BCUT2D eigenvalue weighted by Gasteiger charge is -2.02. The van der Waals surface area contributed by atoms with E-state index in [0.717, 1.165) is 14.8 Å². The van der Waals surface area contributed by atoms with Crippen LogP contribution < -0.4 is 5.32 Å². The maximum Gasteiger partial charge on any atom is 0.257 e. The molecule has 2 rings (SSSR count). The minimum atomic E-state index is -0.173. The van der Waals surface area contributed by atoms with Crippen molar-refractivity contribution in [3.63, 3.8) is 0 Å². The van der Waals surface area contributed by atoms with Gasteiger partial charge in [-0.25, -0.2) is 4.98 Å². The second-order valence-corrected chi connectivity index (χ2v) is 7.14. The van der Waals surface area contributed by atoms with E-state index in [1.165, 1.54) is 23.1 Å². The van der Waals surface area contributed by atoms with Gasteiger partial charge in [-0.3, -0.25) is 10.1 Å². The monoisotopic (exact) mass is 335 g/mol. The number of nitrogens with zero attached hydrogens (tertiary/aromatic N) is 2. The van der Waals surface area contributed by atoms with Crippen molar-refractivity contribution in [2.75, 3.05) is 17.3 Å². The smallest absolute Gasteiger partial charge is 0.257 e. The van der Waals surface area contributed by atoms with Crippen LogP contribution in [0.2, 0.25) is 0 Å². The summed E-state index contributed by atoms with van der Waals surface area (Å²) in [6, 6.07) is 9.51. The SMILES string of the molecule is CSc1ccc(C(=O)Nc2nc(C)c(SCC#N)s2)cc1. The lowest BCUT2D eigenvalue weighted by Crippen LogP contribution is -2.11. The Hall–Kier alpha value is -1.49. The first-order chi connectivity index (χ1) is 10.1. The van der Waals surface area contributed by atoms with Gasteiger partial charge >= 0.3 is 0 Å². The van der Waals surface area contributed by atoms with Gasteiger partial charge < -0.3 is 0 Å². The van der Waals surface area contributed by atoms with Crippen LogP contribution >= 0.6 is 34.9 Å². The minimum Gasteiger partial charge on any atom is -0.298 e. The van der Waals surface area contributed by atoms with E-state index >= 15 is 0 Å². The third-order valence-corrected chi connectivity index (χ3v) is 5.64. The first kappa shape index (κ1) is 15.9. The number of anilines is 1. The third kappa shape index (κ3) is 4.24. The number of aromatic nitrogens is 1. The number of carbonyl (C=O) groups excluding carboxylic acids is 1. The third-order valence-electron chi connectivity index (χ3n) is 2.59. The Kier molecular flexibility index (Phi) is 5.67. The summed E-state index contributed by atoms with van der Waals surface area (Å²) in [5.74, 6) is 0.209. The molecule has 1 aromatic heterocycles. The maximum absolute atomic E-state index is 12.1. The molecular formula is C14H13N3OS3. The molecule has 1 N–H and O–H groups in total. The van der Waals surface area contributed by atoms with E-state index in [1.807, 2.05) is 25.3 Å². The molecule has 108 valence electrons. The normalized spacial score (nSPS) is 10.1. The number of nitriles is 1. The molecule has 21 heavy (non-hydrogen) atoms. The van der Waals surface area contributed by atoms with Crippen molar-refractivity contribution in [1.82, 2.24) is 4.98 Å². The van der Waals surface area contributed by atoms with Gasteiger partial charge in [0.2, 0.25) is 0 Å². The van der Waals surface area contributed by atoms with Crippen molar-refractivity contribution in [2.45, 2.75) is 16.0 Å². The highest BCUT2D eigenvalue weighted by atomic mass is 32.2. The number of carbonyl (C=O) groups is 1. The highest BCUT2D eigenvalue weighted by Gasteiger charge is 2.12. The van der Waals surface area contributed by atoms with Gasteiger partial charge in [-0.05, 0) is 37.4 Å². The molecular weight excluding hydrogens is 322 g/mol. The van der Waals surface area contributed by atoms with Crippen molar-refractivity contribution in [2.24, 2.45) is 0 Å². The first-order valence-corrected chi connectivity index (χ1v) is 9.09. The Morgan fingerprint density at radius 1 is 1.43 bits per heavy atom. The van der Waals surface area contributed by atoms with Gasteiger partial charge in [0.25, 0.3) is 5.91 Å². The minimum absolute atomic E-state index is 0.173. The average molecular weight is 335 g/mol. The zero-order chi connectivity index (χ0) is 15.2. The molecule has 0 fully saturated rings. The van der Waals surface area contributed by atoms with E-state index in [0.29, 0.717) is 16.4 Å². The molecule has 0 unspecified atom stereocenters. The number of rotatable bonds is 5. The number of aryl methyl sites for hydroxylation is 1. The second-order valence-electron chi connectivity index (χ2n) is 4.02. The summed E-state index contributed by atoms with van der Waals surface area (Å²) in [6.07, 6.45) is 1.99. The lowest BCUT2D eigenvalue weighted by atomic mass is 10.2. The van der Waals surface area contributed by atoms with Gasteiger partial charge in [-0.15, -0.1) is 11.8 Å². The van der Waals surface area contributed by atoms with Crippen LogP contribution in [0.4, 0.5) is 5.13 Å². The summed E-state index contributed by atoms with van der Waals surface area (Å²) >= 11 is 4.47. The van der Waals surface area contributed by atoms with E-state index in [9.17, 15) is 4.79 Å². The van der Waals surface area contributed by atoms with E-state index in [2.05, 4.69) is 16.4 Å². The fourth-order valence-corrected chi connectivity index (χ4v) is 3.78. The van der Waals surface area contributed by atoms with Crippen LogP contribution in [0, 0.1) is 18.3 Å². The number of thiazole rings is 1. The van der Waals surface area contributed by atoms with Crippen molar-refractivity contribution in [3.05, 3.63) is 35.5 Å². The standard InChI is InChI=1S/C14H13N3OS3/c1-9-13(20-8-7-15)21-14(16-9)17-12(18)10-3-5-11(19-2)6-4-10/h3-6H,8H2,1-2H3,(H,16,17,18). The topological polar surface area (TPSA) is 65.8 Å². The highest BCUT2D eigenvalue weighted by Crippen LogP contribution is 2.32. The number of hydrogen-bond acceptors (Lipinski definition) is 6. The molecule has 7 heteroatoms. The molecule has 0 bridgehead atoms. The summed E-state index contributed by atoms with van der Waals surface area (Å²) in [7, 11) is 0. The van der Waals surface area contributed by atoms with E-state index in [-0.39, 0.29) is 5.91 Å². The summed E-state index contributed by atoms with van der Waals surface area (Å²) in [5, 5.41) is 12.0. The zero-order valence-electron chi connectivity index (χ0n) is 11.5. The molecule has 1 aromatic carbocycles.